The van der Waals surface area contributed by atoms with Crippen molar-refractivity contribution in [2.75, 3.05) is 26.2 Å². The van der Waals surface area contributed by atoms with E-state index in [2.05, 4.69) is 12.1 Å². The topological polar surface area (TPSA) is 139 Å². The van der Waals surface area contributed by atoms with Crippen LogP contribution in [0.4, 0.5) is 9.59 Å². The Balaban J connectivity index is 0.000000201. The number of carbonyl (C=O) groups excluding carboxylic acids is 3. The maximum Gasteiger partial charge on any atom is 0.410 e. The highest BCUT2D eigenvalue weighted by Crippen LogP contribution is 2.35. The van der Waals surface area contributed by atoms with Gasteiger partial charge in [0.2, 0.25) is 5.91 Å². The van der Waals surface area contributed by atoms with Crippen LogP contribution in [0.25, 0.3) is 21.5 Å². The summed E-state index contributed by atoms with van der Waals surface area (Å²) in [6, 6.07) is 23.1. The predicted octanol–water partition coefficient (Wildman–Crippen LogP) is 8.71. The Labute approximate surface area is 305 Å². The van der Waals surface area contributed by atoms with Gasteiger partial charge in [-0.3, -0.25) is 4.79 Å². The Morgan fingerprint density at radius 3 is 1.37 bits per heavy atom. The molecule has 4 aromatic rings. The molecule has 0 spiro atoms. The van der Waals surface area contributed by atoms with E-state index < -0.39 is 23.1 Å². The average Bonchev–Trinajstić information content (AvgIpc) is 3.09. The van der Waals surface area contributed by atoms with E-state index in [0.717, 1.165) is 47.2 Å². The number of ether oxygens (including phenoxy) is 2. The number of hydrogen-bond donors (Lipinski definition) is 2. The first-order chi connectivity index (χ1) is 24.5. The summed E-state index contributed by atoms with van der Waals surface area (Å²) in [6.45, 7) is 14.0. The van der Waals surface area contributed by atoms with Crippen LogP contribution in [0.3, 0.4) is 0 Å². The zero-order chi connectivity index (χ0) is 37.8. The third-order valence-corrected chi connectivity index (χ3v) is 9.53. The van der Waals surface area contributed by atoms with Gasteiger partial charge in [-0.15, -0.1) is 0 Å². The van der Waals surface area contributed by atoms with Crippen LogP contribution in [0.1, 0.15) is 111 Å². The molecule has 0 unspecified atom stereocenters. The summed E-state index contributed by atoms with van der Waals surface area (Å²) in [5.41, 5.74) is 7.75. The van der Waals surface area contributed by atoms with Crippen LogP contribution in [0.2, 0.25) is 0 Å². The summed E-state index contributed by atoms with van der Waals surface area (Å²) in [5.74, 6) is -0.587. The number of likely N-dealkylation sites (tertiary alicyclic amines) is 2. The summed E-state index contributed by atoms with van der Waals surface area (Å²) in [7, 11) is 0. The highest BCUT2D eigenvalue weighted by Gasteiger charge is 2.29. The molecule has 0 bridgehead atoms. The van der Waals surface area contributed by atoms with Crippen molar-refractivity contribution >= 4 is 45.6 Å². The van der Waals surface area contributed by atoms with Crippen LogP contribution in [0.15, 0.2) is 72.8 Å². The molecule has 0 radical (unpaired) electrons. The summed E-state index contributed by atoms with van der Waals surface area (Å²) in [4.78, 5) is 50.6. The van der Waals surface area contributed by atoms with Gasteiger partial charge in [-0.05, 0) is 136 Å². The zero-order valence-corrected chi connectivity index (χ0v) is 31.1. The van der Waals surface area contributed by atoms with Crippen LogP contribution in [0, 0.1) is 0 Å². The van der Waals surface area contributed by atoms with Crippen molar-refractivity contribution in [2.24, 2.45) is 5.73 Å². The van der Waals surface area contributed by atoms with Crippen molar-refractivity contribution in [2.45, 2.75) is 90.3 Å². The molecule has 2 aliphatic rings. The molecule has 2 aliphatic heterocycles. The van der Waals surface area contributed by atoms with Gasteiger partial charge in [0.1, 0.15) is 11.2 Å². The van der Waals surface area contributed by atoms with E-state index in [4.69, 9.17) is 15.2 Å². The Morgan fingerprint density at radius 2 is 1.00 bits per heavy atom. The smallest absolute Gasteiger partial charge is 0.410 e. The number of hydrogen-bond acceptors (Lipinski definition) is 6. The lowest BCUT2D eigenvalue weighted by Gasteiger charge is -2.34. The van der Waals surface area contributed by atoms with Crippen molar-refractivity contribution < 1.29 is 33.8 Å². The molecule has 2 fully saturated rings. The van der Waals surface area contributed by atoms with Crippen molar-refractivity contribution in [3.05, 3.63) is 95.1 Å². The standard InChI is InChI=1S/C21H26N2O3.C21H25NO4/c1-21(2,3)26-20(25)23-11-9-14(10-12-23)17-6-4-5-15-13-16(19(22)24)7-8-18(15)17;1-21(2,3)26-20(25)22-11-9-14(10-12-22)17-6-4-5-15-13-16(19(23)24)7-8-18(15)17/h4-8,13-14H,9-12H2,1-3H3,(H2,22,24);4-8,13-14H,9-12H2,1-3H3,(H,23,24). The van der Waals surface area contributed by atoms with Gasteiger partial charge in [-0.2, -0.15) is 0 Å². The van der Waals surface area contributed by atoms with Crippen molar-refractivity contribution in [1.29, 1.82) is 0 Å². The molecule has 2 heterocycles. The molecule has 3 amide bonds. The summed E-state index contributed by atoms with van der Waals surface area (Å²) in [6.07, 6.45) is 3.06. The fraction of sp³-hybridized carbons (Fsp3) is 0.429. The number of benzene rings is 4. The van der Waals surface area contributed by atoms with E-state index in [1.165, 1.54) is 11.1 Å². The maximum absolute atomic E-state index is 12.2. The molecule has 0 aliphatic carbocycles. The molecule has 52 heavy (non-hydrogen) atoms. The lowest BCUT2D eigenvalue weighted by molar-refractivity contribution is 0.0194. The van der Waals surface area contributed by atoms with Gasteiger partial charge in [-0.25, -0.2) is 14.4 Å². The third-order valence-electron chi connectivity index (χ3n) is 9.53. The normalized spacial score (nSPS) is 15.9. The lowest BCUT2D eigenvalue weighted by atomic mass is 9.86. The Hall–Kier alpha value is -5.12. The first-order valence-corrected chi connectivity index (χ1v) is 18.0. The van der Waals surface area contributed by atoms with E-state index in [0.29, 0.717) is 49.1 Å². The number of carbonyl (C=O) groups is 4. The molecule has 0 aromatic heterocycles. The molecule has 2 saturated heterocycles. The number of fused-ring (bicyclic) bond motifs is 2. The Kier molecular flexibility index (Phi) is 11.5. The Morgan fingerprint density at radius 1 is 0.615 bits per heavy atom. The number of primary amides is 1. The quantitative estimate of drug-likeness (QED) is 0.216. The molecule has 3 N–H and O–H groups in total. The predicted molar refractivity (Wildman–Crippen MR) is 203 cm³/mol. The van der Waals surface area contributed by atoms with Crippen LogP contribution < -0.4 is 5.73 Å². The Bertz CT molecular complexity index is 1800. The van der Waals surface area contributed by atoms with Gasteiger partial charge in [0, 0.05) is 31.7 Å². The summed E-state index contributed by atoms with van der Waals surface area (Å²) in [5, 5.41) is 13.4. The van der Waals surface area contributed by atoms with Gasteiger partial charge in [-0.1, -0.05) is 48.5 Å². The molecule has 0 atom stereocenters. The highest BCUT2D eigenvalue weighted by molar-refractivity contribution is 5.98. The number of rotatable bonds is 4. The fourth-order valence-electron chi connectivity index (χ4n) is 7.01. The molecule has 6 rings (SSSR count). The minimum Gasteiger partial charge on any atom is -0.478 e. The van der Waals surface area contributed by atoms with Gasteiger partial charge in [0.25, 0.3) is 0 Å². The second-order valence-corrected chi connectivity index (χ2v) is 15.7. The average molecular weight is 710 g/mol. The summed E-state index contributed by atoms with van der Waals surface area (Å²) >= 11 is 0. The van der Waals surface area contributed by atoms with Gasteiger partial charge in [0.15, 0.2) is 0 Å². The maximum atomic E-state index is 12.2. The lowest BCUT2D eigenvalue weighted by Crippen LogP contribution is -2.41. The molecular weight excluding hydrogens is 658 g/mol. The van der Waals surface area contributed by atoms with Gasteiger partial charge < -0.3 is 30.1 Å². The van der Waals surface area contributed by atoms with Crippen molar-refractivity contribution in [1.82, 2.24) is 9.80 Å². The molecule has 10 heteroatoms. The van der Waals surface area contributed by atoms with Crippen LogP contribution in [0.5, 0.6) is 0 Å². The third kappa shape index (κ3) is 9.60. The largest absolute Gasteiger partial charge is 0.478 e. The molecule has 276 valence electrons. The van der Waals surface area contributed by atoms with E-state index >= 15 is 0 Å². The van der Waals surface area contributed by atoms with E-state index in [1.54, 1.807) is 28.0 Å². The number of nitrogens with two attached hydrogens (primary N) is 1. The minimum absolute atomic E-state index is 0.236. The number of aromatic carboxylic acids is 1. The molecule has 0 saturated carbocycles. The minimum atomic E-state index is -0.914. The molecular formula is C42H51N3O7. The van der Waals surface area contributed by atoms with Crippen molar-refractivity contribution in [3.8, 4) is 0 Å². The number of carboxylic acid groups (broad SMARTS) is 1. The fourth-order valence-corrected chi connectivity index (χ4v) is 7.01. The monoisotopic (exact) mass is 709 g/mol. The van der Waals surface area contributed by atoms with E-state index in [9.17, 15) is 24.3 Å². The first kappa shape index (κ1) is 38.1. The second-order valence-electron chi connectivity index (χ2n) is 15.7. The van der Waals surface area contributed by atoms with Gasteiger partial charge in [0.05, 0.1) is 5.56 Å². The summed E-state index contributed by atoms with van der Waals surface area (Å²) < 4.78 is 10.9. The number of amides is 3. The van der Waals surface area contributed by atoms with Gasteiger partial charge >= 0.3 is 18.2 Å². The highest BCUT2D eigenvalue weighted by atomic mass is 16.6. The SMILES string of the molecule is CC(C)(C)OC(=O)N1CCC(c2cccc3cc(C(=O)O)ccc23)CC1.CC(C)(C)OC(=O)N1CCC(c2cccc3cc(C(N)=O)ccc23)CC1. The van der Waals surface area contributed by atoms with Crippen LogP contribution in [-0.4, -0.2) is 76.4 Å². The molecule has 4 aromatic carbocycles. The molecule has 10 nitrogen and oxygen atoms in total. The number of carboxylic acids is 1. The van der Waals surface area contributed by atoms with Crippen molar-refractivity contribution in [3.63, 3.8) is 0 Å². The van der Waals surface area contributed by atoms with Crippen LogP contribution in [-0.2, 0) is 9.47 Å². The van der Waals surface area contributed by atoms with Crippen LogP contribution >= 0.6 is 0 Å². The number of piperidine rings is 2. The van der Waals surface area contributed by atoms with E-state index in [1.807, 2.05) is 84.0 Å². The zero-order valence-electron chi connectivity index (χ0n) is 31.1. The first-order valence-electron chi connectivity index (χ1n) is 18.0. The number of nitrogens with zero attached hydrogens (tertiary/aromatic N) is 2. The second kappa shape index (κ2) is 15.6. The van der Waals surface area contributed by atoms with E-state index in [-0.39, 0.29) is 12.2 Å².